The Morgan fingerprint density at radius 3 is 2.32 bits per heavy atom. The van der Waals surface area contributed by atoms with Crippen LogP contribution in [-0.4, -0.2) is 44.1 Å². The maximum absolute atomic E-state index is 5.90. The molecule has 0 aliphatic carbocycles. The van der Waals surface area contributed by atoms with E-state index in [2.05, 4.69) is 29.1 Å². The number of aliphatic imine (C=N–C) groups is 1. The summed E-state index contributed by atoms with van der Waals surface area (Å²) >= 11 is 0. The van der Waals surface area contributed by atoms with Gasteiger partial charge in [-0.15, -0.1) is 0 Å². The van der Waals surface area contributed by atoms with Gasteiger partial charge < -0.3 is 20.7 Å². The van der Waals surface area contributed by atoms with Crippen molar-refractivity contribution in [3.05, 3.63) is 24.3 Å². The van der Waals surface area contributed by atoms with E-state index in [1.165, 1.54) is 12.8 Å². The number of methoxy groups -OCH3 is 1. The first-order valence-electron chi connectivity index (χ1n) is 8.13. The van der Waals surface area contributed by atoms with Crippen LogP contribution in [0.3, 0.4) is 0 Å². The molecule has 1 rings (SSSR count). The summed E-state index contributed by atoms with van der Waals surface area (Å²) in [4.78, 5) is 6.87. The van der Waals surface area contributed by atoms with Gasteiger partial charge in [0.1, 0.15) is 5.75 Å². The fraction of sp³-hybridized carbons (Fsp3) is 0.588. The molecule has 5 nitrogen and oxygen atoms in total. The van der Waals surface area contributed by atoms with Crippen molar-refractivity contribution in [3.8, 4) is 5.75 Å². The summed E-state index contributed by atoms with van der Waals surface area (Å²) in [6, 6.07) is 7.63. The highest BCUT2D eigenvalue weighted by Crippen LogP contribution is 2.14. The van der Waals surface area contributed by atoms with Crippen molar-refractivity contribution in [1.29, 1.82) is 0 Å². The van der Waals surface area contributed by atoms with Gasteiger partial charge in [0.05, 0.1) is 7.11 Å². The summed E-state index contributed by atoms with van der Waals surface area (Å²) in [7, 11) is 1.65. The fourth-order valence-corrected chi connectivity index (χ4v) is 2.32. The molecule has 0 fully saturated rings. The van der Waals surface area contributed by atoms with Crippen LogP contribution in [0.4, 0.5) is 5.69 Å². The third kappa shape index (κ3) is 7.31. The van der Waals surface area contributed by atoms with E-state index in [-0.39, 0.29) is 0 Å². The number of guanidine groups is 1. The maximum atomic E-state index is 5.90. The minimum Gasteiger partial charge on any atom is -0.497 e. The molecular weight excluding hydrogens is 276 g/mol. The van der Waals surface area contributed by atoms with Crippen molar-refractivity contribution >= 4 is 11.6 Å². The highest BCUT2D eigenvalue weighted by Gasteiger charge is 2.01. The first-order valence-corrected chi connectivity index (χ1v) is 8.13. The number of hydrogen-bond acceptors (Lipinski definition) is 3. The Morgan fingerprint density at radius 1 is 1.14 bits per heavy atom. The van der Waals surface area contributed by atoms with Crippen molar-refractivity contribution in [2.45, 2.75) is 33.1 Å². The molecular formula is C17H30N4O. The van der Waals surface area contributed by atoms with Gasteiger partial charge in [-0.05, 0) is 63.2 Å². The summed E-state index contributed by atoms with van der Waals surface area (Å²) in [5.74, 6) is 1.29. The van der Waals surface area contributed by atoms with Gasteiger partial charge in [0.2, 0.25) is 0 Å². The van der Waals surface area contributed by atoms with E-state index in [0.29, 0.717) is 5.96 Å². The number of ether oxygens (including phenoxy) is 1. The lowest BCUT2D eigenvalue weighted by atomic mass is 10.3. The molecule has 0 amide bonds. The molecule has 0 unspecified atom stereocenters. The zero-order chi connectivity index (χ0) is 16.2. The van der Waals surface area contributed by atoms with Crippen LogP contribution in [0.2, 0.25) is 0 Å². The minimum atomic E-state index is 0.461. The number of nitrogens with zero attached hydrogens (tertiary/aromatic N) is 2. The molecule has 124 valence electrons. The topological polar surface area (TPSA) is 62.9 Å². The van der Waals surface area contributed by atoms with Crippen LogP contribution < -0.4 is 15.8 Å². The third-order valence-corrected chi connectivity index (χ3v) is 3.36. The van der Waals surface area contributed by atoms with Crippen LogP contribution in [0.25, 0.3) is 0 Å². The molecule has 0 saturated heterocycles. The van der Waals surface area contributed by atoms with E-state index in [0.717, 1.165) is 44.0 Å². The van der Waals surface area contributed by atoms with Crippen molar-refractivity contribution in [2.24, 2.45) is 10.7 Å². The SMILES string of the molecule is CCCN(CCC)CCCN=C(N)Nc1ccc(OC)cc1. The molecule has 0 heterocycles. The van der Waals surface area contributed by atoms with Crippen molar-refractivity contribution in [3.63, 3.8) is 0 Å². The highest BCUT2D eigenvalue weighted by atomic mass is 16.5. The molecule has 22 heavy (non-hydrogen) atoms. The molecule has 0 aliphatic heterocycles. The fourth-order valence-electron chi connectivity index (χ4n) is 2.32. The van der Waals surface area contributed by atoms with E-state index in [1.54, 1.807) is 7.11 Å². The minimum absolute atomic E-state index is 0.461. The Hall–Kier alpha value is -1.75. The number of nitrogens with two attached hydrogens (primary N) is 1. The van der Waals surface area contributed by atoms with Gasteiger partial charge in [0, 0.05) is 12.2 Å². The van der Waals surface area contributed by atoms with Gasteiger partial charge in [0.15, 0.2) is 5.96 Å². The zero-order valence-electron chi connectivity index (χ0n) is 14.1. The smallest absolute Gasteiger partial charge is 0.193 e. The second-order valence-corrected chi connectivity index (χ2v) is 5.32. The Kier molecular flexibility index (Phi) is 9.07. The monoisotopic (exact) mass is 306 g/mol. The molecule has 5 heteroatoms. The Labute approximate surface area is 134 Å². The van der Waals surface area contributed by atoms with Crippen molar-refractivity contribution in [1.82, 2.24) is 4.90 Å². The first-order chi connectivity index (χ1) is 10.7. The van der Waals surface area contributed by atoms with Gasteiger partial charge >= 0.3 is 0 Å². The Bertz CT molecular complexity index is 425. The standard InChI is InChI=1S/C17H30N4O/c1-4-12-21(13-5-2)14-6-11-19-17(18)20-15-7-9-16(22-3)10-8-15/h7-10H,4-6,11-14H2,1-3H3,(H3,18,19,20). The van der Waals surface area contributed by atoms with Gasteiger partial charge in [0.25, 0.3) is 0 Å². The molecule has 0 saturated carbocycles. The lowest BCUT2D eigenvalue weighted by Crippen LogP contribution is -2.27. The van der Waals surface area contributed by atoms with E-state index in [1.807, 2.05) is 24.3 Å². The Balaban J connectivity index is 2.32. The van der Waals surface area contributed by atoms with Crippen LogP contribution in [0.5, 0.6) is 5.75 Å². The summed E-state index contributed by atoms with van der Waals surface area (Å²) in [6.45, 7) is 8.60. The Morgan fingerprint density at radius 2 is 1.77 bits per heavy atom. The second-order valence-electron chi connectivity index (χ2n) is 5.32. The molecule has 1 aromatic rings. The van der Waals surface area contributed by atoms with E-state index in [4.69, 9.17) is 10.5 Å². The number of anilines is 1. The predicted molar refractivity (Wildman–Crippen MR) is 94.7 cm³/mol. The summed E-state index contributed by atoms with van der Waals surface area (Å²) < 4.78 is 5.12. The van der Waals surface area contributed by atoms with Crippen LogP contribution in [-0.2, 0) is 0 Å². The van der Waals surface area contributed by atoms with Crippen LogP contribution in [0.1, 0.15) is 33.1 Å². The zero-order valence-corrected chi connectivity index (χ0v) is 14.1. The maximum Gasteiger partial charge on any atom is 0.193 e. The summed E-state index contributed by atoms with van der Waals surface area (Å²) in [6.07, 6.45) is 3.43. The average Bonchev–Trinajstić information content (AvgIpc) is 2.52. The molecule has 0 spiro atoms. The highest BCUT2D eigenvalue weighted by molar-refractivity contribution is 5.92. The molecule has 0 bridgehead atoms. The van der Waals surface area contributed by atoms with Crippen LogP contribution >= 0.6 is 0 Å². The molecule has 0 radical (unpaired) electrons. The van der Waals surface area contributed by atoms with Crippen molar-refractivity contribution in [2.75, 3.05) is 38.6 Å². The first kappa shape index (κ1) is 18.3. The van der Waals surface area contributed by atoms with Gasteiger partial charge in [-0.1, -0.05) is 13.8 Å². The van der Waals surface area contributed by atoms with E-state index >= 15 is 0 Å². The molecule has 1 aromatic carbocycles. The lowest BCUT2D eigenvalue weighted by molar-refractivity contribution is 0.273. The number of benzene rings is 1. The molecule has 0 aromatic heterocycles. The second kappa shape index (κ2) is 10.9. The van der Waals surface area contributed by atoms with E-state index < -0.39 is 0 Å². The largest absolute Gasteiger partial charge is 0.497 e. The normalized spacial score (nSPS) is 11.7. The third-order valence-electron chi connectivity index (χ3n) is 3.36. The average molecular weight is 306 g/mol. The summed E-state index contributed by atoms with van der Waals surface area (Å²) in [5.41, 5.74) is 6.82. The summed E-state index contributed by atoms with van der Waals surface area (Å²) in [5, 5.41) is 3.09. The van der Waals surface area contributed by atoms with Gasteiger partial charge in [-0.2, -0.15) is 0 Å². The van der Waals surface area contributed by atoms with Gasteiger partial charge in [-0.25, -0.2) is 0 Å². The van der Waals surface area contributed by atoms with Gasteiger partial charge in [-0.3, -0.25) is 4.99 Å². The quantitative estimate of drug-likeness (QED) is 0.396. The van der Waals surface area contributed by atoms with Crippen LogP contribution in [0, 0.1) is 0 Å². The lowest BCUT2D eigenvalue weighted by Gasteiger charge is -2.20. The molecule has 0 aliphatic rings. The predicted octanol–water partition coefficient (Wildman–Crippen LogP) is 2.93. The molecule has 0 atom stereocenters. The van der Waals surface area contributed by atoms with Crippen molar-refractivity contribution < 1.29 is 4.74 Å². The number of rotatable bonds is 10. The molecule has 3 N–H and O–H groups in total. The number of hydrogen-bond donors (Lipinski definition) is 2. The number of nitrogens with one attached hydrogen (secondary N) is 1. The van der Waals surface area contributed by atoms with E-state index in [9.17, 15) is 0 Å². The van der Waals surface area contributed by atoms with Crippen LogP contribution in [0.15, 0.2) is 29.3 Å².